The van der Waals surface area contributed by atoms with E-state index in [1.807, 2.05) is 0 Å². The fourth-order valence-electron chi connectivity index (χ4n) is 1.97. The van der Waals surface area contributed by atoms with Crippen molar-refractivity contribution >= 4 is 6.09 Å². The van der Waals surface area contributed by atoms with Gasteiger partial charge in [-0.2, -0.15) is 0 Å². The summed E-state index contributed by atoms with van der Waals surface area (Å²) in [4.78, 5) is 11.5. The zero-order valence-corrected chi connectivity index (χ0v) is 13.8. The van der Waals surface area contributed by atoms with Crippen molar-refractivity contribution in [3.63, 3.8) is 0 Å². The Morgan fingerprint density at radius 2 is 2.00 bits per heavy atom. The fourth-order valence-corrected chi connectivity index (χ4v) is 1.97. The molecule has 0 aliphatic rings. The van der Waals surface area contributed by atoms with E-state index in [1.165, 1.54) is 25.3 Å². The minimum atomic E-state index is -1.47. The molecule has 130 valence electrons. The van der Waals surface area contributed by atoms with Crippen LogP contribution in [-0.4, -0.2) is 41.7 Å². The van der Waals surface area contributed by atoms with Crippen LogP contribution in [0.4, 0.5) is 9.18 Å². The number of nitrogens with one attached hydrogen (secondary N) is 1. The van der Waals surface area contributed by atoms with Crippen molar-refractivity contribution in [3.05, 3.63) is 29.6 Å². The van der Waals surface area contributed by atoms with Crippen LogP contribution in [0, 0.1) is 5.82 Å². The van der Waals surface area contributed by atoms with Crippen LogP contribution in [0.3, 0.4) is 0 Å². The Kier molecular flexibility index (Phi) is 6.78. The summed E-state index contributed by atoms with van der Waals surface area (Å²) in [5, 5.41) is 22.6. The van der Waals surface area contributed by atoms with Gasteiger partial charge in [-0.3, -0.25) is 0 Å². The molecule has 1 aromatic rings. The van der Waals surface area contributed by atoms with Gasteiger partial charge in [0, 0.05) is 6.54 Å². The Bertz CT molecular complexity index is 530. The number of hydrogen-bond acceptors (Lipinski definition) is 5. The molecule has 0 heterocycles. The Hall–Kier alpha value is -1.86. The van der Waals surface area contributed by atoms with E-state index in [2.05, 4.69) is 5.32 Å². The third kappa shape index (κ3) is 6.03. The highest BCUT2D eigenvalue weighted by Gasteiger charge is 2.25. The van der Waals surface area contributed by atoms with Crippen LogP contribution in [0.25, 0.3) is 0 Å². The lowest BCUT2D eigenvalue weighted by molar-refractivity contribution is 0.00903. The van der Waals surface area contributed by atoms with E-state index in [-0.39, 0.29) is 24.3 Å². The van der Waals surface area contributed by atoms with Gasteiger partial charge in [0.25, 0.3) is 0 Å². The SMILES string of the molecule is COc1cccc(F)c1C(O)C(O)CCNC(=O)OC(C)(C)C. The van der Waals surface area contributed by atoms with Gasteiger partial charge >= 0.3 is 6.09 Å². The maximum atomic E-state index is 13.8. The zero-order chi connectivity index (χ0) is 17.6. The van der Waals surface area contributed by atoms with E-state index < -0.39 is 29.7 Å². The fraction of sp³-hybridized carbons (Fsp3) is 0.562. The van der Waals surface area contributed by atoms with E-state index in [0.29, 0.717) is 0 Å². The predicted molar refractivity (Wildman–Crippen MR) is 82.8 cm³/mol. The molecule has 0 spiro atoms. The summed E-state index contributed by atoms with van der Waals surface area (Å²) in [6.45, 7) is 5.27. The molecule has 0 saturated heterocycles. The number of aliphatic hydroxyl groups is 2. The van der Waals surface area contributed by atoms with Gasteiger partial charge in [-0.1, -0.05) is 6.07 Å². The summed E-state index contributed by atoms with van der Waals surface area (Å²) < 4.78 is 23.9. The average Bonchev–Trinajstić information content (AvgIpc) is 2.44. The normalized spacial score (nSPS) is 14.0. The number of methoxy groups -OCH3 is 1. The predicted octanol–water partition coefficient (Wildman–Crippen LogP) is 2.14. The second-order valence-corrected chi connectivity index (χ2v) is 6.09. The van der Waals surface area contributed by atoms with Gasteiger partial charge in [0.05, 0.1) is 18.8 Å². The van der Waals surface area contributed by atoms with Crippen LogP contribution in [-0.2, 0) is 4.74 Å². The number of ether oxygens (including phenoxy) is 2. The van der Waals surface area contributed by atoms with Gasteiger partial charge in [0.1, 0.15) is 23.3 Å². The summed E-state index contributed by atoms with van der Waals surface area (Å²) >= 11 is 0. The standard InChI is InChI=1S/C16H24FNO5/c1-16(2,3)23-15(21)18-9-8-11(19)14(20)13-10(17)6-5-7-12(13)22-4/h5-7,11,14,19-20H,8-9H2,1-4H3,(H,18,21). The third-order valence-electron chi connectivity index (χ3n) is 3.00. The first-order valence-electron chi connectivity index (χ1n) is 7.31. The van der Waals surface area contributed by atoms with E-state index in [1.54, 1.807) is 20.8 Å². The molecule has 1 amide bonds. The first-order chi connectivity index (χ1) is 10.7. The number of benzene rings is 1. The lowest BCUT2D eigenvalue weighted by Crippen LogP contribution is -2.34. The molecule has 2 atom stereocenters. The van der Waals surface area contributed by atoms with E-state index in [4.69, 9.17) is 9.47 Å². The van der Waals surface area contributed by atoms with Gasteiger partial charge in [-0.05, 0) is 39.3 Å². The molecule has 0 radical (unpaired) electrons. The second kappa shape index (κ2) is 8.12. The summed E-state index contributed by atoms with van der Waals surface area (Å²) in [5.74, 6) is -0.521. The monoisotopic (exact) mass is 329 g/mol. The molecular weight excluding hydrogens is 305 g/mol. The molecular formula is C16H24FNO5. The molecule has 1 aromatic carbocycles. The first-order valence-corrected chi connectivity index (χ1v) is 7.31. The zero-order valence-electron chi connectivity index (χ0n) is 13.8. The molecule has 0 bridgehead atoms. The van der Waals surface area contributed by atoms with Gasteiger partial charge in [0.15, 0.2) is 0 Å². The van der Waals surface area contributed by atoms with Gasteiger partial charge in [-0.15, -0.1) is 0 Å². The highest BCUT2D eigenvalue weighted by molar-refractivity contribution is 5.67. The lowest BCUT2D eigenvalue weighted by Gasteiger charge is -2.22. The summed E-state index contributed by atoms with van der Waals surface area (Å²) in [6, 6.07) is 4.11. The number of alkyl carbamates (subject to hydrolysis) is 1. The van der Waals surface area contributed by atoms with Gasteiger partial charge < -0.3 is 25.0 Å². The van der Waals surface area contributed by atoms with Crippen LogP contribution in [0.5, 0.6) is 5.75 Å². The minimum Gasteiger partial charge on any atom is -0.496 e. The molecule has 7 heteroatoms. The average molecular weight is 329 g/mol. The van der Waals surface area contributed by atoms with Crippen molar-refractivity contribution < 1.29 is 28.9 Å². The van der Waals surface area contributed by atoms with Gasteiger partial charge in [0.2, 0.25) is 0 Å². The Labute approximate surface area is 135 Å². The van der Waals surface area contributed by atoms with Gasteiger partial charge in [-0.25, -0.2) is 9.18 Å². The van der Waals surface area contributed by atoms with E-state index in [9.17, 15) is 19.4 Å². The molecule has 0 fully saturated rings. The van der Waals surface area contributed by atoms with E-state index in [0.717, 1.165) is 0 Å². The van der Waals surface area contributed by atoms with Crippen LogP contribution in [0.2, 0.25) is 0 Å². The van der Waals surface area contributed by atoms with Crippen LogP contribution in [0.1, 0.15) is 38.9 Å². The second-order valence-electron chi connectivity index (χ2n) is 6.09. The minimum absolute atomic E-state index is 0.0257. The summed E-state index contributed by atoms with van der Waals surface area (Å²) in [7, 11) is 1.35. The largest absolute Gasteiger partial charge is 0.496 e. The third-order valence-corrected chi connectivity index (χ3v) is 3.00. The number of aliphatic hydroxyl groups excluding tert-OH is 2. The van der Waals surface area contributed by atoms with Crippen molar-refractivity contribution in [1.29, 1.82) is 0 Å². The highest BCUT2D eigenvalue weighted by atomic mass is 19.1. The maximum absolute atomic E-state index is 13.8. The molecule has 0 saturated carbocycles. The number of rotatable bonds is 6. The molecule has 1 rings (SSSR count). The Balaban J connectivity index is 2.59. The molecule has 3 N–H and O–H groups in total. The molecule has 23 heavy (non-hydrogen) atoms. The van der Waals surface area contributed by atoms with Crippen molar-refractivity contribution in [3.8, 4) is 5.75 Å². The molecule has 0 aromatic heterocycles. The molecule has 6 nitrogen and oxygen atoms in total. The van der Waals surface area contributed by atoms with Crippen molar-refractivity contribution in [2.24, 2.45) is 0 Å². The van der Waals surface area contributed by atoms with Crippen LogP contribution >= 0.6 is 0 Å². The Morgan fingerprint density at radius 3 is 2.57 bits per heavy atom. The van der Waals surface area contributed by atoms with Crippen molar-refractivity contribution in [2.45, 2.75) is 45.0 Å². The topological polar surface area (TPSA) is 88.0 Å². The quantitative estimate of drug-likeness (QED) is 0.744. The molecule has 0 aliphatic heterocycles. The number of carbonyl (C=O) groups is 1. The summed E-state index contributed by atoms with van der Waals surface area (Å²) in [5.41, 5.74) is -0.734. The summed E-state index contributed by atoms with van der Waals surface area (Å²) in [6.07, 6.45) is -3.33. The molecule has 0 aliphatic carbocycles. The Morgan fingerprint density at radius 1 is 1.35 bits per heavy atom. The number of carbonyl (C=O) groups excluding carboxylic acids is 1. The number of amides is 1. The van der Waals surface area contributed by atoms with E-state index >= 15 is 0 Å². The molecule has 2 unspecified atom stereocenters. The smallest absolute Gasteiger partial charge is 0.407 e. The number of hydrogen-bond donors (Lipinski definition) is 3. The van der Waals surface area contributed by atoms with Crippen molar-refractivity contribution in [2.75, 3.05) is 13.7 Å². The maximum Gasteiger partial charge on any atom is 0.407 e. The highest BCUT2D eigenvalue weighted by Crippen LogP contribution is 2.30. The van der Waals surface area contributed by atoms with Crippen LogP contribution < -0.4 is 10.1 Å². The van der Waals surface area contributed by atoms with Crippen molar-refractivity contribution in [1.82, 2.24) is 5.32 Å². The number of halogens is 1. The first kappa shape index (κ1) is 19.2. The van der Waals surface area contributed by atoms with Crippen LogP contribution in [0.15, 0.2) is 18.2 Å². The lowest BCUT2D eigenvalue weighted by atomic mass is 10.0.